The van der Waals surface area contributed by atoms with Crippen LogP contribution in [0.25, 0.3) is 0 Å². The molecule has 1 aromatic heterocycles. The predicted octanol–water partition coefficient (Wildman–Crippen LogP) is 3.26. The van der Waals surface area contributed by atoms with Crippen molar-refractivity contribution < 1.29 is 4.79 Å². The van der Waals surface area contributed by atoms with Gasteiger partial charge >= 0.3 is 0 Å². The Kier molecular flexibility index (Phi) is 5.47. The molecule has 5 heteroatoms. The van der Waals surface area contributed by atoms with Gasteiger partial charge in [-0.25, -0.2) is 9.97 Å². The van der Waals surface area contributed by atoms with Crippen molar-refractivity contribution in [3.05, 3.63) is 47.8 Å². The molecule has 0 fully saturated rings. The summed E-state index contributed by atoms with van der Waals surface area (Å²) in [4.78, 5) is 22.4. The first-order chi connectivity index (χ1) is 10.7. The van der Waals surface area contributed by atoms with Crippen molar-refractivity contribution in [1.29, 1.82) is 0 Å². The Morgan fingerprint density at radius 2 is 1.64 bits per heavy atom. The first-order valence-electron chi connectivity index (χ1n) is 7.65. The van der Waals surface area contributed by atoms with Crippen molar-refractivity contribution in [3.63, 3.8) is 0 Å². The molecular weight excluding hydrogens is 276 g/mol. The van der Waals surface area contributed by atoms with Crippen LogP contribution in [0.15, 0.2) is 36.7 Å². The van der Waals surface area contributed by atoms with Gasteiger partial charge in [0.05, 0.1) is 5.56 Å². The number of nitrogens with zero attached hydrogens (tertiary/aromatic N) is 3. The number of carbonyl (C=O) groups excluding carboxylic acids is 1. The molecule has 0 unspecified atom stereocenters. The van der Waals surface area contributed by atoms with Crippen LogP contribution in [0.1, 0.15) is 36.7 Å². The average molecular weight is 298 g/mol. The highest BCUT2D eigenvalue weighted by Crippen LogP contribution is 2.14. The zero-order valence-electron chi connectivity index (χ0n) is 13.3. The lowest BCUT2D eigenvalue weighted by molar-refractivity contribution is 0.0772. The van der Waals surface area contributed by atoms with E-state index in [1.165, 1.54) is 5.56 Å². The van der Waals surface area contributed by atoms with Crippen molar-refractivity contribution in [1.82, 2.24) is 14.9 Å². The van der Waals surface area contributed by atoms with Gasteiger partial charge in [-0.15, -0.1) is 0 Å². The number of hydrogen-bond acceptors (Lipinski definition) is 4. The quantitative estimate of drug-likeness (QED) is 0.889. The summed E-state index contributed by atoms with van der Waals surface area (Å²) in [6, 6.07) is 8.13. The van der Waals surface area contributed by atoms with E-state index >= 15 is 0 Å². The third-order valence-electron chi connectivity index (χ3n) is 3.57. The van der Waals surface area contributed by atoms with Gasteiger partial charge in [0.25, 0.3) is 5.91 Å². The van der Waals surface area contributed by atoms with Gasteiger partial charge < -0.3 is 10.2 Å². The molecule has 0 saturated heterocycles. The maximum absolute atomic E-state index is 12.2. The average Bonchev–Trinajstić information content (AvgIpc) is 2.57. The summed E-state index contributed by atoms with van der Waals surface area (Å²) in [7, 11) is 0. The number of nitrogens with one attached hydrogen (secondary N) is 1. The van der Waals surface area contributed by atoms with Crippen LogP contribution in [-0.4, -0.2) is 33.9 Å². The van der Waals surface area contributed by atoms with Gasteiger partial charge in [-0.1, -0.05) is 19.1 Å². The van der Waals surface area contributed by atoms with Crippen molar-refractivity contribution in [3.8, 4) is 0 Å². The number of hydrogen-bond donors (Lipinski definition) is 1. The largest absolute Gasteiger partial charge is 0.339 e. The zero-order chi connectivity index (χ0) is 15.9. The van der Waals surface area contributed by atoms with E-state index in [4.69, 9.17) is 0 Å². The second-order valence-electron chi connectivity index (χ2n) is 4.95. The van der Waals surface area contributed by atoms with Crippen LogP contribution in [0, 0.1) is 0 Å². The summed E-state index contributed by atoms with van der Waals surface area (Å²) < 4.78 is 0. The van der Waals surface area contributed by atoms with E-state index in [0.29, 0.717) is 24.6 Å². The Morgan fingerprint density at radius 1 is 1.05 bits per heavy atom. The number of aryl methyl sites for hydroxylation is 1. The van der Waals surface area contributed by atoms with E-state index in [-0.39, 0.29) is 5.91 Å². The molecule has 2 aromatic rings. The molecule has 0 atom stereocenters. The summed E-state index contributed by atoms with van der Waals surface area (Å²) in [5.41, 5.74) is 2.72. The Morgan fingerprint density at radius 3 is 2.14 bits per heavy atom. The molecule has 0 aliphatic heterocycles. The third kappa shape index (κ3) is 3.81. The molecule has 0 aliphatic rings. The summed E-state index contributed by atoms with van der Waals surface area (Å²) >= 11 is 0. The van der Waals surface area contributed by atoms with E-state index in [0.717, 1.165) is 12.1 Å². The minimum Gasteiger partial charge on any atom is -0.339 e. The molecule has 2 rings (SSSR count). The molecule has 0 aliphatic carbocycles. The Bertz CT molecular complexity index is 604. The van der Waals surface area contributed by atoms with E-state index in [1.807, 2.05) is 26.0 Å². The van der Waals surface area contributed by atoms with Gasteiger partial charge in [-0.3, -0.25) is 4.79 Å². The fourth-order valence-electron chi connectivity index (χ4n) is 2.15. The van der Waals surface area contributed by atoms with E-state index in [2.05, 4.69) is 34.3 Å². The molecule has 0 spiro atoms. The lowest BCUT2D eigenvalue weighted by Crippen LogP contribution is -2.30. The Hall–Kier alpha value is -2.43. The lowest BCUT2D eigenvalue weighted by atomic mass is 10.1. The topological polar surface area (TPSA) is 58.1 Å². The lowest BCUT2D eigenvalue weighted by Gasteiger charge is -2.18. The second kappa shape index (κ2) is 7.54. The summed E-state index contributed by atoms with van der Waals surface area (Å²) in [6.45, 7) is 7.39. The van der Waals surface area contributed by atoms with Crippen LogP contribution in [0.4, 0.5) is 11.6 Å². The van der Waals surface area contributed by atoms with Crippen molar-refractivity contribution in [2.24, 2.45) is 0 Å². The van der Waals surface area contributed by atoms with Gasteiger partial charge in [-0.2, -0.15) is 0 Å². The molecule has 1 amide bonds. The van der Waals surface area contributed by atoms with Crippen LogP contribution >= 0.6 is 0 Å². The Labute approximate surface area is 131 Å². The first-order valence-corrected chi connectivity index (χ1v) is 7.65. The standard InChI is InChI=1S/C17H22N4O/c1-4-13-7-9-15(10-8-13)20-17-18-11-14(12-19-17)16(22)21(5-2)6-3/h7-12H,4-6H2,1-3H3,(H,18,19,20). The SMILES string of the molecule is CCc1ccc(Nc2ncc(C(=O)N(CC)CC)cn2)cc1. The number of rotatable bonds is 6. The van der Waals surface area contributed by atoms with Crippen LogP contribution < -0.4 is 5.32 Å². The molecule has 0 saturated carbocycles. The van der Waals surface area contributed by atoms with Crippen molar-refractivity contribution in [2.45, 2.75) is 27.2 Å². The highest BCUT2D eigenvalue weighted by Gasteiger charge is 2.13. The number of anilines is 2. The molecular formula is C17H22N4O. The van der Waals surface area contributed by atoms with Gasteiger partial charge in [-0.05, 0) is 38.0 Å². The highest BCUT2D eigenvalue weighted by atomic mass is 16.2. The normalized spacial score (nSPS) is 10.3. The summed E-state index contributed by atoms with van der Waals surface area (Å²) in [6.07, 6.45) is 4.14. The molecule has 22 heavy (non-hydrogen) atoms. The smallest absolute Gasteiger partial charge is 0.256 e. The Balaban J connectivity index is 2.06. The van der Waals surface area contributed by atoms with Crippen LogP contribution in [0.5, 0.6) is 0 Å². The molecule has 1 N–H and O–H groups in total. The predicted molar refractivity (Wildman–Crippen MR) is 88.4 cm³/mol. The van der Waals surface area contributed by atoms with Gasteiger partial charge in [0, 0.05) is 31.2 Å². The second-order valence-corrected chi connectivity index (χ2v) is 4.95. The number of carbonyl (C=O) groups is 1. The third-order valence-corrected chi connectivity index (χ3v) is 3.57. The van der Waals surface area contributed by atoms with E-state index in [1.54, 1.807) is 17.3 Å². The molecule has 116 valence electrons. The molecule has 1 heterocycles. The summed E-state index contributed by atoms with van der Waals surface area (Å²) in [5.74, 6) is 0.448. The van der Waals surface area contributed by atoms with Gasteiger partial charge in [0.15, 0.2) is 0 Å². The van der Waals surface area contributed by atoms with Crippen LogP contribution in [0.3, 0.4) is 0 Å². The fraction of sp³-hybridized carbons (Fsp3) is 0.353. The highest BCUT2D eigenvalue weighted by molar-refractivity contribution is 5.93. The maximum atomic E-state index is 12.2. The minimum atomic E-state index is -0.0381. The van der Waals surface area contributed by atoms with Gasteiger partial charge in [0.2, 0.25) is 5.95 Å². The fourth-order valence-corrected chi connectivity index (χ4v) is 2.15. The van der Waals surface area contributed by atoms with E-state index < -0.39 is 0 Å². The summed E-state index contributed by atoms with van der Waals surface area (Å²) in [5, 5.41) is 3.13. The zero-order valence-corrected chi connectivity index (χ0v) is 13.3. The first kappa shape index (κ1) is 15.9. The number of amides is 1. The minimum absolute atomic E-state index is 0.0381. The maximum Gasteiger partial charge on any atom is 0.256 e. The van der Waals surface area contributed by atoms with Gasteiger partial charge in [0.1, 0.15) is 0 Å². The van der Waals surface area contributed by atoms with Crippen LogP contribution in [0.2, 0.25) is 0 Å². The van der Waals surface area contributed by atoms with Crippen LogP contribution in [-0.2, 0) is 6.42 Å². The van der Waals surface area contributed by atoms with Crippen molar-refractivity contribution >= 4 is 17.5 Å². The number of aromatic nitrogens is 2. The monoisotopic (exact) mass is 298 g/mol. The van der Waals surface area contributed by atoms with Crippen molar-refractivity contribution in [2.75, 3.05) is 18.4 Å². The molecule has 5 nitrogen and oxygen atoms in total. The van der Waals surface area contributed by atoms with E-state index in [9.17, 15) is 4.79 Å². The number of benzene rings is 1. The molecule has 1 aromatic carbocycles. The molecule has 0 bridgehead atoms. The molecule has 0 radical (unpaired) electrons.